The number of ether oxygens (including phenoxy) is 1. The SMILES string of the molecule is COc1ncnc(NC2CC(C)(C)CC(C)(C)C2)c1N. The molecule has 2 rings (SSSR count). The van der Waals surface area contributed by atoms with E-state index in [0.717, 1.165) is 12.8 Å². The molecule has 0 bridgehead atoms. The standard InChI is InChI=1S/C15H26N4O/c1-14(2)6-10(7-15(3,4)8-14)19-12-11(16)13(20-5)18-9-17-12/h9-10H,6-8,16H2,1-5H3,(H,17,18,19). The maximum absolute atomic E-state index is 6.03. The molecule has 1 aliphatic carbocycles. The molecule has 1 saturated carbocycles. The summed E-state index contributed by atoms with van der Waals surface area (Å²) in [6.07, 6.45) is 4.95. The Labute approximate surface area is 121 Å². The summed E-state index contributed by atoms with van der Waals surface area (Å²) in [5.74, 6) is 1.10. The molecule has 0 spiro atoms. The summed E-state index contributed by atoms with van der Waals surface area (Å²) in [6, 6.07) is 0.371. The van der Waals surface area contributed by atoms with Gasteiger partial charge < -0.3 is 15.8 Å². The lowest BCUT2D eigenvalue weighted by Gasteiger charge is -2.45. The van der Waals surface area contributed by atoms with E-state index in [1.807, 2.05) is 0 Å². The van der Waals surface area contributed by atoms with Gasteiger partial charge in [-0.05, 0) is 30.1 Å². The molecule has 1 aromatic heterocycles. The summed E-state index contributed by atoms with van der Waals surface area (Å²) in [6.45, 7) is 9.30. The second-order valence-electron chi connectivity index (χ2n) is 7.40. The third kappa shape index (κ3) is 3.32. The van der Waals surface area contributed by atoms with Gasteiger partial charge in [0.2, 0.25) is 5.88 Å². The quantitative estimate of drug-likeness (QED) is 0.889. The Kier molecular flexibility index (Phi) is 3.80. The van der Waals surface area contributed by atoms with E-state index in [1.165, 1.54) is 12.7 Å². The largest absolute Gasteiger partial charge is 0.479 e. The van der Waals surface area contributed by atoms with Crippen LogP contribution in [-0.4, -0.2) is 23.1 Å². The van der Waals surface area contributed by atoms with Gasteiger partial charge in [-0.25, -0.2) is 4.98 Å². The van der Waals surface area contributed by atoms with E-state index in [2.05, 4.69) is 43.0 Å². The van der Waals surface area contributed by atoms with Gasteiger partial charge in [-0.15, -0.1) is 0 Å². The third-order valence-corrected chi connectivity index (χ3v) is 3.94. The van der Waals surface area contributed by atoms with Crippen molar-refractivity contribution < 1.29 is 4.74 Å². The Hall–Kier alpha value is -1.52. The number of hydrogen-bond acceptors (Lipinski definition) is 5. The highest BCUT2D eigenvalue weighted by Crippen LogP contribution is 2.46. The summed E-state index contributed by atoms with van der Waals surface area (Å²) < 4.78 is 5.14. The van der Waals surface area contributed by atoms with E-state index in [-0.39, 0.29) is 0 Å². The van der Waals surface area contributed by atoms with Gasteiger partial charge in [-0.3, -0.25) is 0 Å². The Balaban J connectivity index is 2.17. The van der Waals surface area contributed by atoms with Crippen molar-refractivity contribution in [1.29, 1.82) is 0 Å². The summed E-state index contributed by atoms with van der Waals surface area (Å²) in [5.41, 5.74) is 7.17. The van der Waals surface area contributed by atoms with E-state index in [1.54, 1.807) is 7.11 Å². The molecule has 1 heterocycles. The van der Waals surface area contributed by atoms with Gasteiger partial charge in [-0.1, -0.05) is 27.7 Å². The topological polar surface area (TPSA) is 73.1 Å². The van der Waals surface area contributed by atoms with Gasteiger partial charge in [0.25, 0.3) is 0 Å². The van der Waals surface area contributed by atoms with Crippen molar-refractivity contribution >= 4 is 11.5 Å². The molecular weight excluding hydrogens is 252 g/mol. The van der Waals surface area contributed by atoms with Crippen molar-refractivity contribution in [3.63, 3.8) is 0 Å². The first kappa shape index (κ1) is 14.9. The fraction of sp³-hybridized carbons (Fsp3) is 0.733. The highest BCUT2D eigenvalue weighted by atomic mass is 16.5. The highest BCUT2D eigenvalue weighted by Gasteiger charge is 2.38. The van der Waals surface area contributed by atoms with Crippen molar-refractivity contribution in [2.45, 2.75) is 53.0 Å². The van der Waals surface area contributed by atoms with Gasteiger partial charge in [-0.2, -0.15) is 4.98 Å². The maximum atomic E-state index is 6.03. The highest BCUT2D eigenvalue weighted by molar-refractivity contribution is 5.66. The zero-order chi connectivity index (χ0) is 15.0. The smallest absolute Gasteiger partial charge is 0.242 e. The number of hydrogen-bond donors (Lipinski definition) is 2. The van der Waals surface area contributed by atoms with Crippen LogP contribution in [0.4, 0.5) is 11.5 Å². The Bertz CT molecular complexity index is 469. The number of methoxy groups -OCH3 is 1. The average molecular weight is 278 g/mol. The van der Waals surface area contributed by atoms with Crippen LogP contribution in [0.1, 0.15) is 47.0 Å². The van der Waals surface area contributed by atoms with E-state index in [9.17, 15) is 0 Å². The van der Waals surface area contributed by atoms with Crippen molar-refractivity contribution in [2.75, 3.05) is 18.2 Å². The lowest BCUT2D eigenvalue weighted by atomic mass is 9.63. The number of nitrogens with one attached hydrogen (secondary N) is 1. The normalized spacial score (nSPS) is 21.4. The summed E-state index contributed by atoms with van der Waals surface area (Å²) >= 11 is 0. The van der Waals surface area contributed by atoms with Crippen molar-refractivity contribution in [2.24, 2.45) is 10.8 Å². The first-order valence-electron chi connectivity index (χ1n) is 7.13. The number of rotatable bonds is 3. The summed E-state index contributed by atoms with van der Waals surface area (Å²) in [7, 11) is 1.56. The van der Waals surface area contributed by atoms with Crippen molar-refractivity contribution in [1.82, 2.24) is 9.97 Å². The van der Waals surface area contributed by atoms with Crippen LogP contribution in [0.2, 0.25) is 0 Å². The number of aromatic nitrogens is 2. The molecule has 0 radical (unpaired) electrons. The van der Waals surface area contributed by atoms with E-state index in [0.29, 0.717) is 34.3 Å². The Morgan fingerprint density at radius 2 is 1.80 bits per heavy atom. The molecule has 3 N–H and O–H groups in total. The molecule has 1 aliphatic rings. The molecule has 1 fully saturated rings. The summed E-state index contributed by atoms with van der Waals surface area (Å²) in [5, 5.41) is 3.48. The van der Waals surface area contributed by atoms with Gasteiger partial charge in [0.05, 0.1) is 7.11 Å². The monoisotopic (exact) mass is 278 g/mol. The average Bonchev–Trinajstić information content (AvgIpc) is 2.27. The minimum atomic E-state index is 0.325. The summed E-state index contributed by atoms with van der Waals surface area (Å²) in [4.78, 5) is 8.26. The number of anilines is 2. The van der Waals surface area contributed by atoms with Crippen LogP contribution in [-0.2, 0) is 0 Å². The second-order valence-corrected chi connectivity index (χ2v) is 7.40. The number of nitrogens with two attached hydrogens (primary N) is 1. The van der Waals surface area contributed by atoms with Crippen LogP contribution in [0.5, 0.6) is 5.88 Å². The molecule has 0 atom stereocenters. The van der Waals surface area contributed by atoms with E-state index in [4.69, 9.17) is 10.5 Å². The second kappa shape index (κ2) is 5.11. The predicted octanol–water partition coefficient (Wildman–Crippen LogP) is 3.08. The molecule has 0 aliphatic heterocycles. The van der Waals surface area contributed by atoms with Gasteiger partial charge in [0.1, 0.15) is 12.0 Å². The molecular formula is C15H26N4O. The van der Waals surface area contributed by atoms with Crippen LogP contribution >= 0.6 is 0 Å². The van der Waals surface area contributed by atoms with Crippen LogP contribution in [0.15, 0.2) is 6.33 Å². The molecule has 112 valence electrons. The zero-order valence-electron chi connectivity index (χ0n) is 13.2. The Morgan fingerprint density at radius 3 is 2.35 bits per heavy atom. The molecule has 0 unspecified atom stereocenters. The zero-order valence-corrected chi connectivity index (χ0v) is 13.2. The van der Waals surface area contributed by atoms with Crippen LogP contribution in [0, 0.1) is 10.8 Å². The van der Waals surface area contributed by atoms with Gasteiger partial charge in [0.15, 0.2) is 5.82 Å². The minimum Gasteiger partial charge on any atom is -0.479 e. The molecule has 0 amide bonds. The van der Waals surface area contributed by atoms with Crippen LogP contribution < -0.4 is 15.8 Å². The van der Waals surface area contributed by atoms with E-state index >= 15 is 0 Å². The van der Waals surface area contributed by atoms with Crippen molar-refractivity contribution in [3.05, 3.63) is 6.33 Å². The number of nitrogen functional groups attached to an aromatic ring is 1. The predicted molar refractivity (Wildman–Crippen MR) is 81.8 cm³/mol. The lowest BCUT2D eigenvalue weighted by Crippen LogP contribution is -2.40. The molecule has 5 nitrogen and oxygen atoms in total. The van der Waals surface area contributed by atoms with Gasteiger partial charge in [0, 0.05) is 6.04 Å². The van der Waals surface area contributed by atoms with Gasteiger partial charge >= 0.3 is 0 Å². The molecule has 20 heavy (non-hydrogen) atoms. The lowest BCUT2D eigenvalue weighted by molar-refractivity contribution is 0.105. The molecule has 1 aromatic rings. The molecule has 0 saturated heterocycles. The molecule has 5 heteroatoms. The minimum absolute atomic E-state index is 0.325. The first-order valence-corrected chi connectivity index (χ1v) is 7.13. The first-order chi connectivity index (χ1) is 9.22. The number of nitrogens with zero attached hydrogens (tertiary/aromatic N) is 2. The molecule has 0 aromatic carbocycles. The van der Waals surface area contributed by atoms with Crippen LogP contribution in [0.3, 0.4) is 0 Å². The van der Waals surface area contributed by atoms with Crippen molar-refractivity contribution in [3.8, 4) is 5.88 Å². The fourth-order valence-corrected chi connectivity index (χ4v) is 3.80. The Morgan fingerprint density at radius 1 is 1.20 bits per heavy atom. The fourth-order valence-electron chi connectivity index (χ4n) is 3.80. The third-order valence-electron chi connectivity index (χ3n) is 3.94. The van der Waals surface area contributed by atoms with Crippen LogP contribution in [0.25, 0.3) is 0 Å². The van der Waals surface area contributed by atoms with E-state index < -0.39 is 0 Å². The maximum Gasteiger partial charge on any atom is 0.242 e.